The van der Waals surface area contributed by atoms with E-state index in [0.717, 1.165) is 24.2 Å². The maximum absolute atomic E-state index is 13.5. The summed E-state index contributed by atoms with van der Waals surface area (Å²) in [4.78, 5) is 12.4. The number of carbonyl (C=O) groups excluding carboxylic acids is 1. The number of nitrogens with one attached hydrogen (secondary N) is 1. The molecule has 0 bridgehead atoms. The van der Waals surface area contributed by atoms with Crippen LogP contribution in [0.5, 0.6) is 5.75 Å². The summed E-state index contributed by atoms with van der Waals surface area (Å²) in [5.74, 6) is 1.27. The Balaban J connectivity index is 1.46. The molecule has 6 nitrogen and oxygen atoms in total. The van der Waals surface area contributed by atoms with Gasteiger partial charge >= 0.3 is 0 Å². The molecule has 0 spiro atoms. The van der Waals surface area contributed by atoms with Gasteiger partial charge in [-0.15, -0.1) is 10.2 Å². The van der Waals surface area contributed by atoms with Crippen LogP contribution >= 0.6 is 11.8 Å². The van der Waals surface area contributed by atoms with Crippen LogP contribution in [0.15, 0.2) is 53.7 Å². The number of anilines is 1. The van der Waals surface area contributed by atoms with E-state index in [0.29, 0.717) is 29.1 Å². The number of hydrogen-bond donors (Lipinski definition) is 1. The average Bonchev–Trinajstić information content (AvgIpc) is 3.49. The van der Waals surface area contributed by atoms with Crippen LogP contribution in [0.25, 0.3) is 0 Å². The van der Waals surface area contributed by atoms with Gasteiger partial charge in [-0.05, 0) is 30.5 Å². The van der Waals surface area contributed by atoms with Crippen molar-refractivity contribution >= 4 is 23.4 Å². The molecule has 0 saturated heterocycles. The van der Waals surface area contributed by atoms with Crippen LogP contribution in [-0.4, -0.2) is 33.5 Å². The van der Waals surface area contributed by atoms with Gasteiger partial charge in [0.05, 0.1) is 25.1 Å². The fourth-order valence-corrected chi connectivity index (χ4v) is 3.80. The van der Waals surface area contributed by atoms with Crippen molar-refractivity contribution in [3.05, 3.63) is 65.7 Å². The molecule has 1 fully saturated rings. The summed E-state index contributed by atoms with van der Waals surface area (Å²) in [5.41, 5.74) is 1.47. The Labute approximate surface area is 172 Å². The summed E-state index contributed by atoms with van der Waals surface area (Å²) in [5, 5.41) is 12.1. The number of rotatable bonds is 8. The molecule has 1 heterocycles. The highest BCUT2D eigenvalue weighted by Crippen LogP contribution is 2.40. The zero-order chi connectivity index (χ0) is 20.2. The highest BCUT2D eigenvalue weighted by molar-refractivity contribution is 7.99. The number of amides is 1. The zero-order valence-corrected chi connectivity index (χ0v) is 16.8. The van der Waals surface area contributed by atoms with Crippen molar-refractivity contribution < 1.29 is 13.9 Å². The van der Waals surface area contributed by atoms with Gasteiger partial charge in [0.2, 0.25) is 5.91 Å². The molecule has 1 N–H and O–H groups in total. The lowest BCUT2D eigenvalue weighted by Crippen LogP contribution is -2.15. The van der Waals surface area contributed by atoms with Crippen molar-refractivity contribution in [1.29, 1.82) is 0 Å². The molecule has 3 aromatic rings. The van der Waals surface area contributed by atoms with Crippen molar-refractivity contribution in [2.75, 3.05) is 18.2 Å². The molecule has 8 heteroatoms. The molecule has 1 amide bonds. The molecule has 0 aliphatic heterocycles. The van der Waals surface area contributed by atoms with E-state index in [1.165, 1.54) is 37.1 Å². The van der Waals surface area contributed by atoms with E-state index in [1.807, 2.05) is 18.2 Å². The molecule has 1 aromatic heterocycles. The summed E-state index contributed by atoms with van der Waals surface area (Å²) < 4.78 is 20.8. The third-order valence-electron chi connectivity index (χ3n) is 4.64. The highest BCUT2D eigenvalue weighted by Gasteiger charge is 2.30. The monoisotopic (exact) mass is 412 g/mol. The standard InChI is InChI=1S/C21H21FN4O2S/c1-28-18-10-9-16(22)11-17(18)23-19(27)13-29-21-25-24-20(15-7-8-15)26(21)12-14-5-3-2-4-6-14/h2-6,9-11,15H,7-8,12-13H2,1H3,(H,23,27). The van der Waals surface area contributed by atoms with Gasteiger partial charge in [-0.25, -0.2) is 4.39 Å². The number of halogens is 1. The van der Waals surface area contributed by atoms with Gasteiger partial charge in [-0.2, -0.15) is 0 Å². The molecular formula is C21H21FN4O2S. The van der Waals surface area contributed by atoms with Crippen LogP contribution < -0.4 is 10.1 Å². The number of methoxy groups -OCH3 is 1. The van der Waals surface area contributed by atoms with E-state index in [9.17, 15) is 9.18 Å². The SMILES string of the molecule is COc1ccc(F)cc1NC(=O)CSc1nnc(C2CC2)n1Cc1ccccc1. The molecule has 150 valence electrons. The lowest BCUT2D eigenvalue weighted by Gasteiger charge is -2.11. The number of ether oxygens (including phenoxy) is 1. The van der Waals surface area contributed by atoms with Crippen molar-refractivity contribution in [3.8, 4) is 5.75 Å². The van der Waals surface area contributed by atoms with E-state index in [4.69, 9.17) is 4.74 Å². The number of thioether (sulfide) groups is 1. The number of aromatic nitrogens is 3. The molecule has 0 unspecified atom stereocenters. The summed E-state index contributed by atoms with van der Waals surface area (Å²) in [6, 6.07) is 14.1. The number of nitrogens with zero attached hydrogens (tertiary/aromatic N) is 3. The maximum Gasteiger partial charge on any atom is 0.234 e. The predicted octanol–water partition coefficient (Wildman–Crippen LogP) is 4.08. The molecule has 29 heavy (non-hydrogen) atoms. The molecule has 0 radical (unpaired) electrons. The third-order valence-corrected chi connectivity index (χ3v) is 5.61. The smallest absolute Gasteiger partial charge is 0.234 e. The molecular weight excluding hydrogens is 391 g/mol. The maximum atomic E-state index is 13.5. The van der Waals surface area contributed by atoms with Gasteiger partial charge in [0.1, 0.15) is 17.4 Å². The first kappa shape index (κ1) is 19.4. The van der Waals surface area contributed by atoms with Gasteiger partial charge in [-0.1, -0.05) is 42.1 Å². The van der Waals surface area contributed by atoms with Crippen LogP contribution in [0.2, 0.25) is 0 Å². The number of hydrogen-bond acceptors (Lipinski definition) is 5. The lowest BCUT2D eigenvalue weighted by atomic mass is 10.2. The van der Waals surface area contributed by atoms with E-state index >= 15 is 0 Å². The van der Waals surface area contributed by atoms with Gasteiger partial charge < -0.3 is 14.6 Å². The predicted molar refractivity (Wildman–Crippen MR) is 110 cm³/mol. The Hall–Kier alpha value is -2.87. The Kier molecular flexibility index (Phi) is 5.80. The van der Waals surface area contributed by atoms with Gasteiger partial charge in [0, 0.05) is 12.0 Å². The van der Waals surface area contributed by atoms with Crippen LogP contribution in [0.3, 0.4) is 0 Å². The minimum absolute atomic E-state index is 0.136. The second kappa shape index (κ2) is 8.65. The average molecular weight is 412 g/mol. The second-order valence-electron chi connectivity index (χ2n) is 6.87. The summed E-state index contributed by atoms with van der Waals surface area (Å²) in [6.07, 6.45) is 2.24. The van der Waals surface area contributed by atoms with Gasteiger partial charge in [0.25, 0.3) is 0 Å². The van der Waals surface area contributed by atoms with Gasteiger partial charge in [-0.3, -0.25) is 4.79 Å². The first-order valence-corrected chi connectivity index (χ1v) is 10.4. The fourth-order valence-electron chi connectivity index (χ4n) is 3.06. The highest BCUT2D eigenvalue weighted by atomic mass is 32.2. The second-order valence-corrected chi connectivity index (χ2v) is 7.81. The minimum Gasteiger partial charge on any atom is -0.495 e. The molecule has 1 saturated carbocycles. The van der Waals surface area contributed by atoms with Crippen LogP contribution in [-0.2, 0) is 11.3 Å². The minimum atomic E-state index is -0.439. The number of benzene rings is 2. The van der Waals surface area contributed by atoms with Crippen molar-refractivity contribution in [2.24, 2.45) is 0 Å². The summed E-state index contributed by atoms with van der Waals surface area (Å²) in [6.45, 7) is 0.668. The summed E-state index contributed by atoms with van der Waals surface area (Å²) in [7, 11) is 1.48. The largest absolute Gasteiger partial charge is 0.495 e. The van der Waals surface area contributed by atoms with Crippen LogP contribution in [0.4, 0.5) is 10.1 Å². The molecule has 0 atom stereocenters. The molecule has 4 rings (SSSR count). The number of carbonyl (C=O) groups is 1. The van der Waals surface area contributed by atoms with E-state index < -0.39 is 5.82 Å². The molecule has 1 aliphatic carbocycles. The van der Waals surface area contributed by atoms with E-state index in [-0.39, 0.29) is 11.7 Å². The Morgan fingerprint density at radius 3 is 2.76 bits per heavy atom. The Bertz CT molecular complexity index is 1010. The first-order chi connectivity index (χ1) is 14.1. The molecule has 2 aromatic carbocycles. The fraction of sp³-hybridized carbons (Fsp3) is 0.286. The van der Waals surface area contributed by atoms with Gasteiger partial charge in [0.15, 0.2) is 5.16 Å². The molecule has 1 aliphatic rings. The van der Waals surface area contributed by atoms with E-state index in [2.05, 4.69) is 32.2 Å². The third kappa shape index (κ3) is 4.76. The Morgan fingerprint density at radius 2 is 2.03 bits per heavy atom. The van der Waals surface area contributed by atoms with Crippen LogP contribution in [0.1, 0.15) is 30.1 Å². The quantitative estimate of drug-likeness (QED) is 0.565. The first-order valence-electron chi connectivity index (χ1n) is 9.37. The Morgan fingerprint density at radius 1 is 1.24 bits per heavy atom. The van der Waals surface area contributed by atoms with Crippen LogP contribution in [0, 0.1) is 5.82 Å². The van der Waals surface area contributed by atoms with Crippen molar-refractivity contribution in [1.82, 2.24) is 14.8 Å². The lowest BCUT2D eigenvalue weighted by molar-refractivity contribution is -0.113. The normalized spacial score (nSPS) is 13.3. The van der Waals surface area contributed by atoms with Crippen molar-refractivity contribution in [3.63, 3.8) is 0 Å². The topological polar surface area (TPSA) is 69.0 Å². The van der Waals surface area contributed by atoms with E-state index in [1.54, 1.807) is 0 Å². The van der Waals surface area contributed by atoms with Crippen molar-refractivity contribution in [2.45, 2.75) is 30.5 Å². The zero-order valence-electron chi connectivity index (χ0n) is 16.0. The summed E-state index contributed by atoms with van der Waals surface area (Å²) >= 11 is 1.32.